The highest BCUT2D eigenvalue weighted by molar-refractivity contribution is 5.85. The minimum absolute atomic E-state index is 0. The number of aryl methyl sites for hydroxylation is 1. The van der Waals surface area contributed by atoms with Gasteiger partial charge in [-0.05, 0) is 38.0 Å². The molecule has 0 aliphatic heterocycles. The molecule has 3 nitrogen and oxygen atoms in total. The van der Waals surface area contributed by atoms with Gasteiger partial charge in [-0.1, -0.05) is 30.8 Å². The molecule has 0 bridgehead atoms. The fraction of sp³-hybridized carbons (Fsp3) is 0.308. The molecule has 0 saturated heterocycles. The Balaban J connectivity index is 0. The van der Waals surface area contributed by atoms with Crippen LogP contribution in [0.15, 0.2) is 36.9 Å². The van der Waals surface area contributed by atoms with Gasteiger partial charge in [0.2, 0.25) is 5.91 Å². The average molecular weight is 257 g/mol. The van der Waals surface area contributed by atoms with Crippen molar-refractivity contribution in [3.63, 3.8) is 0 Å². The maximum Gasteiger partial charge on any atom is 0.240 e. The predicted molar refractivity (Wildman–Crippen MR) is 75.0 cm³/mol. The number of carbonyl (C=O) groups is 1. The summed E-state index contributed by atoms with van der Waals surface area (Å²) in [5, 5.41) is 0. The Hall–Kier alpha value is -1.32. The number of hydrogen-bond donors (Lipinski definition) is 2. The Bertz CT molecular complexity index is 370. The van der Waals surface area contributed by atoms with Gasteiger partial charge in [0.1, 0.15) is 0 Å². The van der Waals surface area contributed by atoms with Gasteiger partial charge in [0.05, 0.1) is 0 Å². The van der Waals surface area contributed by atoms with Crippen LogP contribution in [0.2, 0.25) is 0 Å². The van der Waals surface area contributed by atoms with Crippen LogP contribution in [0.4, 0.5) is 0 Å². The van der Waals surface area contributed by atoms with Crippen molar-refractivity contribution in [2.75, 3.05) is 0 Å². The van der Waals surface area contributed by atoms with Crippen molar-refractivity contribution in [3.8, 4) is 0 Å². The van der Waals surface area contributed by atoms with Gasteiger partial charge in [-0.15, -0.1) is 12.4 Å². The monoisotopic (exact) mass is 256 g/mol. The summed E-state index contributed by atoms with van der Waals surface area (Å²) in [5.41, 5.74) is 12.8. The summed E-state index contributed by atoms with van der Waals surface area (Å²) in [6.07, 6.45) is 1.06. The topological polar surface area (TPSA) is 69.1 Å². The molecule has 4 N–H and O–H groups in total. The fourth-order valence-electron chi connectivity index (χ4n) is 1.30. The number of primary amides is 1. The highest BCUT2D eigenvalue weighted by Crippen LogP contribution is 2.19. The summed E-state index contributed by atoms with van der Waals surface area (Å²) in [7, 11) is 0. The van der Waals surface area contributed by atoms with E-state index in [0.717, 1.165) is 6.08 Å². The molecule has 0 aliphatic carbocycles. The molecule has 1 amide bonds. The third-order valence-electron chi connectivity index (χ3n) is 2.04. The van der Waals surface area contributed by atoms with Crippen molar-refractivity contribution >= 4 is 18.3 Å². The molecule has 4 heteroatoms. The number of carbonyl (C=O) groups excluding carboxylic acids is 1. The molecule has 0 aromatic heterocycles. The van der Waals surface area contributed by atoms with Gasteiger partial charge in [-0.25, -0.2) is 0 Å². The molecule has 1 rings (SSSR count). The Kier molecular flexibility index (Phi) is 8.36. The van der Waals surface area contributed by atoms with Crippen molar-refractivity contribution in [1.29, 1.82) is 0 Å². The highest BCUT2D eigenvalue weighted by atomic mass is 35.5. The molecule has 0 atom stereocenters. The lowest BCUT2D eigenvalue weighted by Crippen LogP contribution is -2.29. The number of halogens is 1. The lowest BCUT2D eigenvalue weighted by atomic mass is 9.92. The van der Waals surface area contributed by atoms with Crippen LogP contribution >= 0.6 is 12.4 Å². The number of benzene rings is 1. The third-order valence-corrected chi connectivity index (χ3v) is 2.04. The zero-order valence-corrected chi connectivity index (χ0v) is 11.4. The van der Waals surface area contributed by atoms with Gasteiger partial charge in [0.15, 0.2) is 0 Å². The van der Waals surface area contributed by atoms with Crippen molar-refractivity contribution < 1.29 is 4.79 Å². The van der Waals surface area contributed by atoms with E-state index in [1.807, 2.05) is 26.0 Å². The summed E-state index contributed by atoms with van der Waals surface area (Å²) >= 11 is 0. The summed E-state index contributed by atoms with van der Waals surface area (Å²) < 4.78 is 0. The number of amides is 1. The first-order valence-corrected chi connectivity index (χ1v) is 5.06. The van der Waals surface area contributed by atoms with Crippen LogP contribution in [0.5, 0.6) is 0 Å². The van der Waals surface area contributed by atoms with Crippen LogP contribution in [-0.4, -0.2) is 5.91 Å². The molecule has 0 saturated carbocycles. The van der Waals surface area contributed by atoms with Crippen LogP contribution in [0.25, 0.3) is 0 Å². The SMILES string of the molecule is C=CC(N)=O.Cc1ccccc1C(C)(C)N.Cl. The summed E-state index contributed by atoms with van der Waals surface area (Å²) in [6, 6.07) is 8.22. The van der Waals surface area contributed by atoms with E-state index in [0.29, 0.717) is 0 Å². The van der Waals surface area contributed by atoms with Crippen LogP contribution in [0.1, 0.15) is 25.0 Å². The molecular formula is C13H21ClN2O. The van der Waals surface area contributed by atoms with E-state index in [2.05, 4.69) is 31.4 Å². The zero-order valence-electron chi connectivity index (χ0n) is 10.6. The minimum atomic E-state index is -0.481. The second-order valence-corrected chi connectivity index (χ2v) is 4.14. The van der Waals surface area contributed by atoms with Crippen LogP contribution in [0.3, 0.4) is 0 Å². The molecule has 0 aliphatic rings. The molecule has 96 valence electrons. The van der Waals surface area contributed by atoms with E-state index >= 15 is 0 Å². The molecule has 1 aromatic rings. The van der Waals surface area contributed by atoms with E-state index in [-0.39, 0.29) is 17.9 Å². The maximum atomic E-state index is 9.47. The summed E-state index contributed by atoms with van der Waals surface area (Å²) in [6.45, 7) is 9.22. The zero-order chi connectivity index (χ0) is 12.8. The Morgan fingerprint density at radius 1 is 1.35 bits per heavy atom. The van der Waals surface area contributed by atoms with Gasteiger partial charge >= 0.3 is 0 Å². The molecular weight excluding hydrogens is 236 g/mol. The van der Waals surface area contributed by atoms with Gasteiger partial charge < -0.3 is 11.5 Å². The van der Waals surface area contributed by atoms with Crippen molar-refractivity contribution in [1.82, 2.24) is 0 Å². The first-order valence-electron chi connectivity index (χ1n) is 5.06. The van der Waals surface area contributed by atoms with Crippen LogP contribution < -0.4 is 11.5 Å². The maximum absolute atomic E-state index is 9.47. The van der Waals surface area contributed by atoms with Gasteiger partial charge in [0, 0.05) is 5.54 Å². The minimum Gasteiger partial charge on any atom is -0.366 e. The summed E-state index contributed by atoms with van der Waals surface area (Å²) in [4.78, 5) is 9.47. The van der Waals surface area contributed by atoms with Crippen molar-refractivity contribution in [2.45, 2.75) is 26.3 Å². The first kappa shape index (κ1) is 18.1. The fourth-order valence-corrected chi connectivity index (χ4v) is 1.30. The van der Waals surface area contributed by atoms with Crippen molar-refractivity contribution in [2.24, 2.45) is 11.5 Å². The van der Waals surface area contributed by atoms with E-state index < -0.39 is 5.91 Å². The van der Waals surface area contributed by atoms with Gasteiger partial charge in [-0.3, -0.25) is 4.79 Å². The third kappa shape index (κ3) is 7.55. The lowest BCUT2D eigenvalue weighted by molar-refractivity contribution is -0.113. The Morgan fingerprint density at radius 3 is 2.00 bits per heavy atom. The van der Waals surface area contributed by atoms with E-state index in [1.54, 1.807) is 0 Å². The standard InChI is InChI=1S/C10H15N.C3H5NO.ClH/c1-8-6-4-5-7-9(8)10(2,3)11;1-2-3(4)5;/h4-7H,11H2,1-3H3;2H,1H2,(H2,4,5);1H. The number of nitrogens with two attached hydrogens (primary N) is 2. The number of rotatable bonds is 2. The van der Waals surface area contributed by atoms with E-state index in [1.165, 1.54) is 11.1 Å². The molecule has 0 radical (unpaired) electrons. The van der Waals surface area contributed by atoms with Crippen LogP contribution in [-0.2, 0) is 10.3 Å². The molecule has 0 heterocycles. The smallest absolute Gasteiger partial charge is 0.240 e. The largest absolute Gasteiger partial charge is 0.366 e. The van der Waals surface area contributed by atoms with Gasteiger partial charge in [-0.2, -0.15) is 0 Å². The van der Waals surface area contributed by atoms with Gasteiger partial charge in [0.25, 0.3) is 0 Å². The Labute approximate surface area is 109 Å². The summed E-state index contributed by atoms with van der Waals surface area (Å²) in [5.74, 6) is -0.481. The normalized spacial score (nSPS) is 9.41. The number of hydrogen-bond acceptors (Lipinski definition) is 2. The van der Waals surface area contributed by atoms with Crippen LogP contribution in [0, 0.1) is 6.92 Å². The highest BCUT2D eigenvalue weighted by Gasteiger charge is 2.14. The Morgan fingerprint density at radius 2 is 1.76 bits per heavy atom. The van der Waals surface area contributed by atoms with Crippen molar-refractivity contribution in [3.05, 3.63) is 48.0 Å². The molecule has 0 unspecified atom stereocenters. The second kappa shape index (κ2) is 7.87. The quantitative estimate of drug-likeness (QED) is 0.797. The predicted octanol–water partition coefficient (Wildman–Crippen LogP) is 2.27. The second-order valence-electron chi connectivity index (χ2n) is 4.14. The lowest BCUT2D eigenvalue weighted by Gasteiger charge is -2.21. The molecule has 1 aromatic carbocycles. The van der Waals surface area contributed by atoms with E-state index in [4.69, 9.17) is 5.73 Å². The first-order chi connectivity index (χ1) is 7.29. The molecule has 0 fully saturated rings. The molecule has 17 heavy (non-hydrogen) atoms. The molecule has 0 spiro atoms. The van der Waals surface area contributed by atoms with E-state index in [9.17, 15) is 4.79 Å². The average Bonchev–Trinajstić information content (AvgIpc) is 2.17.